The first-order chi connectivity index (χ1) is 9.54. The van der Waals surface area contributed by atoms with Crippen molar-refractivity contribution in [2.75, 3.05) is 0 Å². The van der Waals surface area contributed by atoms with Gasteiger partial charge in [0, 0.05) is 12.8 Å². The second-order valence-corrected chi connectivity index (χ2v) is 6.93. The van der Waals surface area contributed by atoms with E-state index in [2.05, 4.69) is 27.7 Å². The summed E-state index contributed by atoms with van der Waals surface area (Å²) in [5.74, 6) is -0.332. The molecule has 0 aromatic rings. The van der Waals surface area contributed by atoms with E-state index in [4.69, 9.17) is 9.47 Å². The van der Waals surface area contributed by atoms with Crippen LogP contribution in [0.25, 0.3) is 0 Å². The second-order valence-electron chi connectivity index (χ2n) is 6.93. The van der Waals surface area contributed by atoms with Crippen LogP contribution in [0.15, 0.2) is 0 Å². The summed E-state index contributed by atoms with van der Waals surface area (Å²) in [7, 11) is 0. The lowest BCUT2D eigenvalue weighted by Gasteiger charge is -2.37. The summed E-state index contributed by atoms with van der Waals surface area (Å²) in [5, 5.41) is 0. The Morgan fingerprint density at radius 2 is 0.850 bits per heavy atom. The van der Waals surface area contributed by atoms with Gasteiger partial charge >= 0.3 is 0 Å². The molecule has 0 radical (unpaired) electrons. The van der Waals surface area contributed by atoms with Crippen LogP contribution in [0.5, 0.6) is 0 Å². The van der Waals surface area contributed by atoms with Crippen LogP contribution in [0.2, 0.25) is 0 Å². The molecule has 0 heterocycles. The summed E-state index contributed by atoms with van der Waals surface area (Å²) >= 11 is 0. The van der Waals surface area contributed by atoms with Crippen molar-refractivity contribution in [1.82, 2.24) is 0 Å². The summed E-state index contributed by atoms with van der Waals surface area (Å²) in [4.78, 5) is 0. The molecule has 120 valence electrons. The normalized spacial score (nSPS) is 22.5. The average Bonchev–Trinajstić information content (AvgIpc) is 2.32. The van der Waals surface area contributed by atoms with Gasteiger partial charge in [-0.2, -0.15) is 0 Å². The lowest BCUT2D eigenvalue weighted by atomic mass is 9.96. The van der Waals surface area contributed by atoms with E-state index in [9.17, 15) is 0 Å². The Morgan fingerprint density at radius 1 is 0.550 bits per heavy atom. The summed E-state index contributed by atoms with van der Waals surface area (Å²) in [6, 6.07) is 0. The van der Waals surface area contributed by atoms with Gasteiger partial charge < -0.3 is 9.47 Å². The Balaban J connectivity index is 2.65. The Kier molecular flexibility index (Phi) is 8.79. The van der Waals surface area contributed by atoms with E-state index < -0.39 is 0 Å². The van der Waals surface area contributed by atoms with Gasteiger partial charge in [-0.1, -0.05) is 44.9 Å². The van der Waals surface area contributed by atoms with Crippen LogP contribution in [0.3, 0.4) is 0 Å². The molecule has 0 N–H and O–H groups in total. The third-order valence-corrected chi connectivity index (χ3v) is 4.02. The first-order valence-corrected chi connectivity index (χ1v) is 8.90. The van der Waals surface area contributed by atoms with E-state index in [1.807, 2.05) is 0 Å². The molecule has 1 rings (SSSR count). The molecular formula is C18H36O2. The Labute approximate surface area is 126 Å². The molecule has 1 aliphatic rings. The van der Waals surface area contributed by atoms with Gasteiger partial charge in [0.05, 0.1) is 12.2 Å². The van der Waals surface area contributed by atoms with E-state index in [0.717, 1.165) is 12.8 Å². The van der Waals surface area contributed by atoms with Crippen LogP contribution < -0.4 is 0 Å². The van der Waals surface area contributed by atoms with Crippen LogP contribution in [0.4, 0.5) is 0 Å². The molecule has 0 unspecified atom stereocenters. The molecule has 0 bridgehead atoms. The fourth-order valence-corrected chi connectivity index (χ4v) is 3.27. The van der Waals surface area contributed by atoms with Crippen LogP contribution in [-0.2, 0) is 9.47 Å². The molecule has 2 nitrogen and oxygen atoms in total. The quantitative estimate of drug-likeness (QED) is 0.604. The molecule has 20 heavy (non-hydrogen) atoms. The highest BCUT2D eigenvalue weighted by molar-refractivity contribution is 4.74. The summed E-state index contributed by atoms with van der Waals surface area (Å²) in [6.45, 7) is 8.51. The molecule has 0 saturated heterocycles. The standard InChI is InChI=1S/C18H36O2/c1-16(2)19-18(20-17(3)4)14-12-10-8-6-5-7-9-11-13-15-18/h16-17H,5-15H2,1-4H3. The molecule has 0 spiro atoms. The van der Waals surface area contributed by atoms with Crippen molar-refractivity contribution in [3.8, 4) is 0 Å². The fourth-order valence-electron chi connectivity index (χ4n) is 3.27. The molecule has 1 aliphatic carbocycles. The van der Waals surface area contributed by atoms with Gasteiger partial charge in [0.15, 0.2) is 5.79 Å². The monoisotopic (exact) mass is 284 g/mol. The molecule has 0 aliphatic heterocycles. The fraction of sp³-hybridized carbons (Fsp3) is 1.00. The van der Waals surface area contributed by atoms with E-state index in [-0.39, 0.29) is 18.0 Å². The van der Waals surface area contributed by atoms with Crippen molar-refractivity contribution in [1.29, 1.82) is 0 Å². The molecular weight excluding hydrogens is 248 g/mol. The number of hydrogen-bond acceptors (Lipinski definition) is 2. The topological polar surface area (TPSA) is 18.5 Å². The highest BCUT2D eigenvalue weighted by Crippen LogP contribution is 2.32. The average molecular weight is 284 g/mol. The molecule has 0 atom stereocenters. The minimum atomic E-state index is -0.332. The minimum Gasteiger partial charge on any atom is -0.347 e. The van der Waals surface area contributed by atoms with Crippen molar-refractivity contribution in [3.63, 3.8) is 0 Å². The van der Waals surface area contributed by atoms with E-state index in [1.54, 1.807) is 0 Å². The molecule has 2 heteroatoms. The predicted octanol–water partition coefficient (Wildman–Crippen LogP) is 5.84. The molecule has 1 fully saturated rings. The van der Waals surface area contributed by atoms with Gasteiger partial charge in [-0.3, -0.25) is 0 Å². The molecule has 0 amide bonds. The lowest BCUT2D eigenvalue weighted by Crippen LogP contribution is -2.40. The number of rotatable bonds is 4. The summed E-state index contributed by atoms with van der Waals surface area (Å²) in [6.07, 6.45) is 14.7. The largest absolute Gasteiger partial charge is 0.347 e. The molecule has 1 saturated carbocycles. The van der Waals surface area contributed by atoms with E-state index in [1.165, 1.54) is 57.8 Å². The Morgan fingerprint density at radius 3 is 1.15 bits per heavy atom. The minimum absolute atomic E-state index is 0.238. The van der Waals surface area contributed by atoms with E-state index >= 15 is 0 Å². The van der Waals surface area contributed by atoms with Gasteiger partial charge in [-0.25, -0.2) is 0 Å². The second kappa shape index (κ2) is 9.78. The van der Waals surface area contributed by atoms with Crippen molar-refractivity contribution >= 4 is 0 Å². The van der Waals surface area contributed by atoms with Crippen LogP contribution in [0, 0.1) is 0 Å². The van der Waals surface area contributed by atoms with Gasteiger partial charge in [0.25, 0.3) is 0 Å². The van der Waals surface area contributed by atoms with Gasteiger partial charge in [0.2, 0.25) is 0 Å². The highest BCUT2D eigenvalue weighted by Gasteiger charge is 2.33. The Hall–Kier alpha value is -0.0800. The molecule has 0 aromatic heterocycles. The Bertz CT molecular complexity index is 212. The highest BCUT2D eigenvalue weighted by atomic mass is 16.7. The summed E-state index contributed by atoms with van der Waals surface area (Å²) < 4.78 is 12.5. The smallest absolute Gasteiger partial charge is 0.168 e. The third-order valence-electron chi connectivity index (χ3n) is 4.02. The van der Waals surface area contributed by atoms with Crippen molar-refractivity contribution in [2.24, 2.45) is 0 Å². The number of hydrogen-bond donors (Lipinski definition) is 0. The van der Waals surface area contributed by atoms with Crippen molar-refractivity contribution in [3.05, 3.63) is 0 Å². The predicted molar refractivity (Wildman–Crippen MR) is 86.0 cm³/mol. The zero-order valence-electron chi connectivity index (χ0n) is 14.2. The van der Waals surface area contributed by atoms with Gasteiger partial charge in [-0.15, -0.1) is 0 Å². The maximum Gasteiger partial charge on any atom is 0.168 e. The van der Waals surface area contributed by atoms with Gasteiger partial charge in [-0.05, 0) is 40.5 Å². The molecule has 0 aromatic carbocycles. The van der Waals surface area contributed by atoms with Crippen LogP contribution in [0.1, 0.15) is 98.3 Å². The third kappa shape index (κ3) is 7.64. The zero-order valence-corrected chi connectivity index (χ0v) is 14.2. The van der Waals surface area contributed by atoms with E-state index in [0.29, 0.717) is 0 Å². The summed E-state index contributed by atoms with van der Waals surface area (Å²) in [5.41, 5.74) is 0. The first kappa shape index (κ1) is 18.0. The zero-order chi connectivity index (χ0) is 14.8. The number of ether oxygens (including phenoxy) is 2. The van der Waals surface area contributed by atoms with Crippen molar-refractivity contribution in [2.45, 2.75) is 116 Å². The lowest BCUT2D eigenvalue weighted by molar-refractivity contribution is -0.276. The van der Waals surface area contributed by atoms with Crippen molar-refractivity contribution < 1.29 is 9.47 Å². The SMILES string of the molecule is CC(C)OC1(OC(C)C)CCCCCCCCCCC1. The maximum atomic E-state index is 6.27. The van der Waals surface area contributed by atoms with Crippen LogP contribution >= 0.6 is 0 Å². The maximum absolute atomic E-state index is 6.27. The van der Waals surface area contributed by atoms with Gasteiger partial charge in [0.1, 0.15) is 0 Å². The van der Waals surface area contributed by atoms with Crippen LogP contribution in [-0.4, -0.2) is 18.0 Å². The first-order valence-electron chi connectivity index (χ1n) is 8.90.